The third-order valence-electron chi connectivity index (χ3n) is 2.30. The quantitative estimate of drug-likeness (QED) is 0.897. The molecule has 1 aromatic carbocycles. The number of benzene rings is 1. The summed E-state index contributed by atoms with van der Waals surface area (Å²) in [6.07, 6.45) is 0.593. The van der Waals surface area contributed by atoms with Crippen molar-refractivity contribution in [3.63, 3.8) is 0 Å². The maximum Gasteiger partial charge on any atom is 0.164 e. The molecule has 0 fully saturated rings. The minimum Gasteiger partial charge on any atom is -0.313 e. The fraction of sp³-hybridized carbons (Fsp3) is 0.273. The van der Waals surface area contributed by atoms with Crippen LogP contribution in [-0.2, 0) is 13.0 Å². The summed E-state index contributed by atoms with van der Waals surface area (Å²) in [6, 6.07) is 5.56. The molecule has 4 nitrogen and oxygen atoms in total. The molecule has 0 unspecified atom stereocenters. The lowest BCUT2D eigenvalue weighted by molar-refractivity contribution is 0.762. The Bertz CT molecular complexity index is 510. The van der Waals surface area contributed by atoms with Gasteiger partial charge in [-0.1, -0.05) is 35.3 Å². The molecule has 2 N–H and O–H groups in total. The molecule has 0 aliphatic rings. The van der Waals surface area contributed by atoms with E-state index in [1.165, 1.54) is 0 Å². The van der Waals surface area contributed by atoms with E-state index in [4.69, 9.17) is 23.2 Å². The molecule has 1 heterocycles. The maximum absolute atomic E-state index is 6.10. The van der Waals surface area contributed by atoms with Gasteiger partial charge in [-0.15, -0.1) is 0 Å². The van der Waals surface area contributed by atoms with Gasteiger partial charge in [0.15, 0.2) is 5.82 Å². The van der Waals surface area contributed by atoms with Crippen molar-refractivity contribution in [3.8, 4) is 0 Å². The number of nitrogens with one attached hydrogen (secondary N) is 2. The van der Waals surface area contributed by atoms with Gasteiger partial charge >= 0.3 is 0 Å². The molecule has 0 saturated heterocycles. The highest BCUT2D eigenvalue weighted by Gasteiger charge is 2.08. The minimum atomic E-state index is 0.555. The summed E-state index contributed by atoms with van der Waals surface area (Å²) in [4.78, 5) is 4.34. The third kappa shape index (κ3) is 2.97. The Morgan fingerprint density at radius 1 is 1.35 bits per heavy atom. The normalized spacial score (nSPS) is 10.8. The first-order valence-corrected chi connectivity index (χ1v) is 5.94. The zero-order chi connectivity index (χ0) is 12.3. The first-order valence-electron chi connectivity index (χ1n) is 5.18. The number of hydrogen-bond donors (Lipinski definition) is 2. The summed E-state index contributed by atoms with van der Waals surface area (Å²) in [6.45, 7) is 0.639. The van der Waals surface area contributed by atoms with Gasteiger partial charge < -0.3 is 5.32 Å². The van der Waals surface area contributed by atoms with E-state index in [1.807, 2.05) is 19.2 Å². The number of nitrogens with zero attached hydrogens (tertiary/aromatic N) is 2. The van der Waals surface area contributed by atoms with Crippen molar-refractivity contribution in [2.24, 2.45) is 0 Å². The molecule has 1 aromatic heterocycles. The molecule has 0 spiro atoms. The van der Waals surface area contributed by atoms with Crippen molar-refractivity contribution >= 4 is 23.2 Å². The first-order chi connectivity index (χ1) is 8.20. The summed E-state index contributed by atoms with van der Waals surface area (Å²) in [5.74, 6) is 1.51. The van der Waals surface area contributed by atoms with Crippen LogP contribution in [0.4, 0.5) is 0 Å². The summed E-state index contributed by atoms with van der Waals surface area (Å²) < 4.78 is 0. The largest absolute Gasteiger partial charge is 0.313 e. The van der Waals surface area contributed by atoms with Gasteiger partial charge in [-0.05, 0) is 18.7 Å². The molecule has 0 aliphatic carbocycles. The van der Waals surface area contributed by atoms with Crippen LogP contribution in [0.15, 0.2) is 18.2 Å². The van der Waals surface area contributed by atoms with E-state index in [2.05, 4.69) is 20.5 Å². The number of hydrogen-bond acceptors (Lipinski definition) is 3. The molecule has 6 heteroatoms. The lowest BCUT2D eigenvalue weighted by atomic mass is 10.1. The molecule has 2 rings (SSSR count). The molecule has 0 atom stereocenters. The number of aromatic amines is 1. The smallest absolute Gasteiger partial charge is 0.164 e. The monoisotopic (exact) mass is 270 g/mol. The Labute approximate surface area is 109 Å². The molecule has 0 bridgehead atoms. The van der Waals surface area contributed by atoms with Crippen LogP contribution in [0.2, 0.25) is 10.0 Å². The maximum atomic E-state index is 6.10. The van der Waals surface area contributed by atoms with Crippen molar-refractivity contribution < 1.29 is 0 Å². The Morgan fingerprint density at radius 3 is 2.94 bits per heavy atom. The molecule has 0 aliphatic heterocycles. The average Bonchev–Trinajstić information content (AvgIpc) is 2.73. The topological polar surface area (TPSA) is 53.6 Å². The van der Waals surface area contributed by atoms with Crippen LogP contribution >= 0.6 is 23.2 Å². The van der Waals surface area contributed by atoms with E-state index in [0.717, 1.165) is 17.2 Å². The SMILES string of the molecule is CNCc1n[nH]c(Cc2cccc(Cl)c2Cl)n1. The second-order valence-electron chi connectivity index (χ2n) is 3.62. The summed E-state index contributed by atoms with van der Waals surface area (Å²) in [7, 11) is 1.85. The molecular weight excluding hydrogens is 259 g/mol. The van der Waals surface area contributed by atoms with Gasteiger partial charge in [0.2, 0.25) is 0 Å². The van der Waals surface area contributed by atoms with Crippen LogP contribution in [0.5, 0.6) is 0 Å². The Morgan fingerprint density at radius 2 is 2.18 bits per heavy atom. The Balaban J connectivity index is 2.16. The van der Waals surface area contributed by atoms with Gasteiger partial charge in [0.25, 0.3) is 0 Å². The van der Waals surface area contributed by atoms with Gasteiger partial charge in [0, 0.05) is 6.42 Å². The van der Waals surface area contributed by atoms with Crippen molar-refractivity contribution in [1.82, 2.24) is 20.5 Å². The van der Waals surface area contributed by atoms with Crippen LogP contribution in [0.3, 0.4) is 0 Å². The van der Waals surface area contributed by atoms with Gasteiger partial charge in [-0.2, -0.15) is 5.10 Å². The van der Waals surface area contributed by atoms with E-state index in [1.54, 1.807) is 6.07 Å². The zero-order valence-electron chi connectivity index (χ0n) is 9.30. The predicted molar refractivity (Wildman–Crippen MR) is 68.4 cm³/mol. The Kier molecular flexibility index (Phi) is 3.99. The van der Waals surface area contributed by atoms with Crippen molar-refractivity contribution in [2.75, 3.05) is 7.05 Å². The molecule has 0 radical (unpaired) electrons. The summed E-state index contributed by atoms with van der Waals surface area (Å²) >= 11 is 12.1. The average molecular weight is 271 g/mol. The number of halogens is 2. The molecule has 0 saturated carbocycles. The minimum absolute atomic E-state index is 0.555. The summed E-state index contributed by atoms with van der Waals surface area (Å²) in [5, 5.41) is 11.1. The van der Waals surface area contributed by atoms with E-state index in [-0.39, 0.29) is 0 Å². The number of aromatic nitrogens is 3. The van der Waals surface area contributed by atoms with Crippen LogP contribution in [0, 0.1) is 0 Å². The van der Waals surface area contributed by atoms with Gasteiger partial charge in [0.1, 0.15) is 5.82 Å². The van der Waals surface area contributed by atoms with Crippen molar-refractivity contribution in [1.29, 1.82) is 0 Å². The molecule has 0 amide bonds. The van der Waals surface area contributed by atoms with Crippen molar-refractivity contribution in [2.45, 2.75) is 13.0 Å². The van der Waals surface area contributed by atoms with Crippen molar-refractivity contribution in [3.05, 3.63) is 45.5 Å². The van der Waals surface area contributed by atoms with Gasteiger partial charge in [-0.3, -0.25) is 5.10 Å². The number of H-pyrrole nitrogens is 1. The predicted octanol–water partition coefficient (Wildman–Crippen LogP) is 2.42. The molecule has 17 heavy (non-hydrogen) atoms. The van der Waals surface area contributed by atoms with E-state index in [0.29, 0.717) is 23.0 Å². The second-order valence-corrected chi connectivity index (χ2v) is 4.40. The molecule has 90 valence electrons. The zero-order valence-corrected chi connectivity index (χ0v) is 10.8. The summed E-state index contributed by atoms with van der Waals surface area (Å²) in [5.41, 5.74) is 0.936. The van der Waals surface area contributed by atoms with Crippen LogP contribution in [0.25, 0.3) is 0 Å². The lowest BCUT2D eigenvalue weighted by Crippen LogP contribution is -2.06. The standard InChI is InChI=1S/C11H12Cl2N4/c1-14-6-10-15-9(16-17-10)5-7-3-2-4-8(12)11(7)13/h2-4,14H,5-6H2,1H3,(H,15,16,17). The van der Waals surface area contributed by atoms with E-state index < -0.39 is 0 Å². The van der Waals surface area contributed by atoms with E-state index in [9.17, 15) is 0 Å². The highest BCUT2D eigenvalue weighted by Crippen LogP contribution is 2.26. The first kappa shape index (κ1) is 12.4. The number of rotatable bonds is 4. The molecular formula is C11H12Cl2N4. The van der Waals surface area contributed by atoms with E-state index >= 15 is 0 Å². The Hall–Kier alpha value is -1.10. The second kappa shape index (κ2) is 5.49. The third-order valence-corrected chi connectivity index (χ3v) is 3.16. The van der Waals surface area contributed by atoms with Crippen LogP contribution in [-0.4, -0.2) is 22.2 Å². The van der Waals surface area contributed by atoms with Gasteiger partial charge in [-0.25, -0.2) is 4.98 Å². The fourth-order valence-electron chi connectivity index (χ4n) is 1.52. The van der Waals surface area contributed by atoms with Crippen LogP contribution in [0.1, 0.15) is 17.2 Å². The lowest BCUT2D eigenvalue weighted by Gasteiger charge is -2.02. The van der Waals surface area contributed by atoms with Gasteiger partial charge in [0.05, 0.1) is 16.6 Å². The fourth-order valence-corrected chi connectivity index (χ4v) is 1.90. The highest BCUT2D eigenvalue weighted by atomic mass is 35.5. The highest BCUT2D eigenvalue weighted by molar-refractivity contribution is 6.42. The molecule has 2 aromatic rings. The van der Waals surface area contributed by atoms with Crippen LogP contribution < -0.4 is 5.32 Å².